The van der Waals surface area contributed by atoms with Gasteiger partial charge in [-0.25, -0.2) is 0 Å². The highest BCUT2D eigenvalue weighted by molar-refractivity contribution is 5.23. The molecule has 0 amide bonds. The van der Waals surface area contributed by atoms with E-state index in [2.05, 4.69) is 29.1 Å². The fourth-order valence-corrected chi connectivity index (χ4v) is 2.74. The van der Waals surface area contributed by atoms with Crippen molar-refractivity contribution in [2.24, 2.45) is 0 Å². The standard InChI is InChI=1S/C18H24N2O/c1-4-5-7-15(2)13-20-11-6-8-16(14-20)18-10-9-17(21-3)12-19-18/h4-5,7,9-10,12,16H,1-2,6,8,11,13-14H2,3H3/b7-5-. The van der Waals surface area contributed by atoms with Crippen molar-refractivity contribution in [2.45, 2.75) is 18.8 Å². The van der Waals surface area contributed by atoms with Gasteiger partial charge in [0.15, 0.2) is 0 Å². The molecule has 1 unspecified atom stereocenters. The zero-order chi connectivity index (χ0) is 15.1. The summed E-state index contributed by atoms with van der Waals surface area (Å²) in [5.74, 6) is 1.31. The van der Waals surface area contributed by atoms with Crippen molar-refractivity contribution in [1.82, 2.24) is 9.88 Å². The highest BCUT2D eigenvalue weighted by atomic mass is 16.5. The third-order valence-electron chi connectivity index (χ3n) is 3.81. The van der Waals surface area contributed by atoms with E-state index < -0.39 is 0 Å². The molecule has 1 atom stereocenters. The average molecular weight is 284 g/mol. The summed E-state index contributed by atoms with van der Waals surface area (Å²) in [6.07, 6.45) is 9.96. The second-order valence-electron chi connectivity index (χ2n) is 5.45. The number of piperidine rings is 1. The zero-order valence-corrected chi connectivity index (χ0v) is 12.8. The number of hydrogen-bond acceptors (Lipinski definition) is 3. The molecule has 0 saturated carbocycles. The third-order valence-corrected chi connectivity index (χ3v) is 3.81. The normalized spacial score (nSPS) is 19.6. The maximum Gasteiger partial charge on any atom is 0.137 e. The van der Waals surface area contributed by atoms with Gasteiger partial charge in [0, 0.05) is 24.7 Å². The zero-order valence-electron chi connectivity index (χ0n) is 12.8. The quantitative estimate of drug-likeness (QED) is 0.747. The molecule has 21 heavy (non-hydrogen) atoms. The molecular formula is C18H24N2O. The third kappa shape index (κ3) is 4.57. The van der Waals surface area contributed by atoms with Crippen LogP contribution < -0.4 is 4.74 Å². The van der Waals surface area contributed by atoms with E-state index in [0.29, 0.717) is 5.92 Å². The molecule has 0 N–H and O–H groups in total. The number of pyridine rings is 1. The van der Waals surface area contributed by atoms with Crippen molar-refractivity contribution in [3.05, 3.63) is 61.0 Å². The number of ether oxygens (including phenoxy) is 1. The SMILES string of the molecule is C=C/C=C\C(=C)CN1CCCC(c2ccc(OC)cn2)C1. The molecule has 112 valence electrons. The summed E-state index contributed by atoms with van der Waals surface area (Å²) < 4.78 is 5.17. The largest absolute Gasteiger partial charge is 0.495 e. The number of aromatic nitrogens is 1. The number of allylic oxidation sites excluding steroid dienone is 2. The Labute approximate surface area is 127 Å². The van der Waals surface area contributed by atoms with Crippen LogP contribution in [-0.4, -0.2) is 36.6 Å². The van der Waals surface area contributed by atoms with E-state index in [1.54, 1.807) is 19.4 Å². The van der Waals surface area contributed by atoms with Crippen molar-refractivity contribution in [1.29, 1.82) is 0 Å². The fourth-order valence-electron chi connectivity index (χ4n) is 2.74. The Balaban J connectivity index is 1.94. The van der Waals surface area contributed by atoms with Gasteiger partial charge >= 0.3 is 0 Å². The topological polar surface area (TPSA) is 25.4 Å². The fraction of sp³-hybridized carbons (Fsp3) is 0.389. The van der Waals surface area contributed by atoms with Crippen LogP contribution in [0.25, 0.3) is 0 Å². The second kappa shape index (κ2) is 7.79. The van der Waals surface area contributed by atoms with Gasteiger partial charge in [-0.3, -0.25) is 9.88 Å². The molecule has 2 heterocycles. The number of rotatable bonds is 6. The van der Waals surface area contributed by atoms with Crippen LogP contribution in [0.2, 0.25) is 0 Å². The van der Waals surface area contributed by atoms with Gasteiger partial charge in [0.05, 0.1) is 13.3 Å². The Morgan fingerprint density at radius 3 is 3.05 bits per heavy atom. The molecule has 2 rings (SSSR count). The van der Waals surface area contributed by atoms with Crippen LogP contribution in [0.1, 0.15) is 24.5 Å². The molecule has 3 nitrogen and oxygen atoms in total. The van der Waals surface area contributed by atoms with Gasteiger partial charge in [-0.2, -0.15) is 0 Å². The first-order valence-corrected chi connectivity index (χ1v) is 7.42. The van der Waals surface area contributed by atoms with Crippen molar-refractivity contribution < 1.29 is 4.74 Å². The van der Waals surface area contributed by atoms with Crippen LogP contribution in [0, 0.1) is 0 Å². The summed E-state index contributed by atoms with van der Waals surface area (Å²) in [6, 6.07) is 4.08. The summed E-state index contributed by atoms with van der Waals surface area (Å²) >= 11 is 0. The second-order valence-corrected chi connectivity index (χ2v) is 5.45. The van der Waals surface area contributed by atoms with Gasteiger partial charge in [0.25, 0.3) is 0 Å². The van der Waals surface area contributed by atoms with Crippen molar-refractivity contribution >= 4 is 0 Å². The molecule has 0 aromatic carbocycles. The minimum absolute atomic E-state index is 0.501. The lowest BCUT2D eigenvalue weighted by Gasteiger charge is -2.32. The van der Waals surface area contributed by atoms with Gasteiger partial charge in [0.1, 0.15) is 5.75 Å². The predicted molar refractivity (Wildman–Crippen MR) is 87.7 cm³/mol. The molecule has 0 spiro atoms. The first-order chi connectivity index (χ1) is 10.2. The predicted octanol–water partition coefficient (Wildman–Crippen LogP) is 3.57. The number of methoxy groups -OCH3 is 1. The number of hydrogen-bond donors (Lipinski definition) is 0. The van der Waals surface area contributed by atoms with Crippen LogP contribution in [0.3, 0.4) is 0 Å². The first-order valence-electron chi connectivity index (χ1n) is 7.42. The van der Waals surface area contributed by atoms with Gasteiger partial charge < -0.3 is 4.74 Å². The maximum absolute atomic E-state index is 5.17. The molecule has 3 heteroatoms. The lowest BCUT2D eigenvalue weighted by molar-refractivity contribution is 0.223. The monoisotopic (exact) mass is 284 g/mol. The van der Waals surface area contributed by atoms with Crippen LogP contribution >= 0.6 is 0 Å². The van der Waals surface area contributed by atoms with Crippen molar-refractivity contribution in [3.8, 4) is 5.75 Å². The van der Waals surface area contributed by atoms with E-state index in [-0.39, 0.29) is 0 Å². The van der Waals surface area contributed by atoms with Crippen LogP contribution in [-0.2, 0) is 0 Å². The molecule has 0 radical (unpaired) electrons. The summed E-state index contributed by atoms with van der Waals surface area (Å²) in [4.78, 5) is 6.99. The Bertz CT molecular complexity index is 504. The molecule has 1 saturated heterocycles. The molecule has 0 aliphatic carbocycles. The van der Waals surface area contributed by atoms with E-state index in [4.69, 9.17) is 4.74 Å². The lowest BCUT2D eigenvalue weighted by Crippen LogP contribution is -2.35. The maximum atomic E-state index is 5.17. The number of likely N-dealkylation sites (tertiary alicyclic amines) is 1. The van der Waals surface area contributed by atoms with E-state index >= 15 is 0 Å². The molecular weight excluding hydrogens is 260 g/mol. The number of nitrogens with zero attached hydrogens (tertiary/aromatic N) is 2. The molecule has 1 aliphatic rings. The van der Waals surface area contributed by atoms with Crippen molar-refractivity contribution in [3.63, 3.8) is 0 Å². The Morgan fingerprint density at radius 2 is 2.38 bits per heavy atom. The Hall–Kier alpha value is -1.87. The van der Waals surface area contributed by atoms with Crippen LogP contribution in [0.5, 0.6) is 5.75 Å². The summed E-state index contributed by atoms with van der Waals surface area (Å²) in [6.45, 7) is 10.9. The molecule has 1 aromatic heterocycles. The van der Waals surface area contributed by atoms with E-state index in [9.17, 15) is 0 Å². The summed E-state index contributed by atoms with van der Waals surface area (Å²) in [5.41, 5.74) is 2.28. The molecule has 1 aromatic rings. The highest BCUT2D eigenvalue weighted by Gasteiger charge is 2.22. The minimum atomic E-state index is 0.501. The molecule has 1 fully saturated rings. The van der Waals surface area contributed by atoms with E-state index in [0.717, 1.165) is 36.7 Å². The summed E-state index contributed by atoms with van der Waals surface area (Å²) in [5, 5.41) is 0. The van der Waals surface area contributed by atoms with Crippen molar-refractivity contribution in [2.75, 3.05) is 26.7 Å². The van der Waals surface area contributed by atoms with Gasteiger partial charge in [-0.05, 0) is 37.1 Å². The average Bonchev–Trinajstić information content (AvgIpc) is 2.53. The summed E-state index contributed by atoms with van der Waals surface area (Å²) in [7, 11) is 1.67. The Morgan fingerprint density at radius 1 is 1.52 bits per heavy atom. The van der Waals surface area contributed by atoms with E-state index in [1.165, 1.54) is 12.8 Å². The van der Waals surface area contributed by atoms with Crippen LogP contribution in [0.15, 0.2) is 55.3 Å². The van der Waals surface area contributed by atoms with Gasteiger partial charge in [-0.15, -0.1) is 0 Å². The van der Waals surface area contributed by atoms with Gasteiger partial charge in [0.2, 0.25) is 0 Å². The lowest BCUT2D eigenvalue weighted by atomic mass is 9.94. The minimum Gasteiger partial charge on any atom is -0.495 e. The van der Waals surface area contributed by atoms with E-state index in [1.807, 2.05) is 18.2 Å². The van der Waals surface area contributed by atoms with Gasteiger partial charge in [-0.1, -0.05) is 31.4 Å². The molecule has 0 bridgehead atoms. The van der Waals surface area contributed by atoms with Crippen LogP contribution in [0.4, 0.5) is 0 Å². The Kier molecular flexibility index (Phi) is 5.76. The molecule has 1 aliphatic heterocycles. The first kappa shape index (κ1) is 15.5. The highest BCUT2D eigenvalue weighted by Crippen LogP contribution is 2.26. The smallest absolute Gasteiger partial charge is 0.137 e.